The molecule has 10 rings (SSSR count). The summed E-state index contributed by atoms with van der Waals surface area (Å²) in [5, 5.41) is 111. The monoisotopic (exact) mass is 1000 g/mol. The van der Waals surface area contributed by atoms with Gasteiger partial charge in [-0.1, -0.05) is 24.3 Å². The second-order valence-electron chi connectivity index (χ2n) is 16.6. The maximum atomic E-state index is 12.7. The summed E-state index contributed by atoms with van der Waals surface area (Å²) in [5.41, 5.74) is 1.77. The summed E-state index contributed by atoms with van der Waals surface area (Å²) in [7, 11) is 2.83. The van der Waals surface area contributed by atoms with Crippen LogP contribution >= 0.6 is 0 Å². The molecule has 9 atom stereocenters. The Labute approximate surface area is 435 Å². The Hall–Kier alpha value is -6.95. The van der Waals surface area contributed by atoms with Gasteiger partial charge in [0.2, 0.25) is 5.78 Å². The Morgan fingerprint density at radius 2 is 0.903 bits per heavy atom. The number of Topliss-reactive ketones (excluding diaryl/α,β-unsaturated/α-hetero) is 1. The zero-order chi connectivity index (χ0) is 49.7. The van der Waals surface area contributed by atoms with Crippen LogP contribution in [-0.2, 0) is 0 Å². The third kappa shape index (κ3) is 9.84. The second kappa shape index (κ2) is 21.4. The van der Waals surface area contributed by atoms with Crippen molar-refractivity contribution in [3.63, 3.8) is 0 Å². The van der Waals surface area contributed by atoms with E-state index in [4.69, 9.17) is 37.9 Å². The fourth-order valence-electron chi connectivity index (χ4n) is 8.70. The molecule has 4 heterocycles. The van der Waals surface area contributed by atoms with Crippen molar-refractivity contribution in [1.29, 1.82) is 0 Å². The number of methoxy groups -OCH3 is 2. The van der Waals surface area contributed by atoms with Crippen LogP contribution in [0.5, 0.6) is 80.5 Å². The van der Waals surface area contributed by atoms with Gasteiger partial charge in [-0.2, -0.15) is 0 Å². The number of phenols is 6. The van der Waals surface area contributed by atoms with Crippen LogP contribution in [0.4, 0.5) is 0 Å². The average Bonchev–Trinajstić information content (AvgIpc) is 3.35. The maximum Gasteiger partial charge on any atom is 1.00 e. The molecule has 0 fully saturated rings. The molecule has 20 nitrogen and oxygen atoms in total. The molecular weight excluding hydrogens is 954 g/mol. The van der Waals surface area contributed by atoms with E-state index in [1.54, 1.807) is 60.7 Å². The molecule has 371 valence electrons. The third-order valence-corrected chi connectivity index (χ3v) is 12.2. The summed E-state index contributed by atoms with van der Waals surface area (Å²) < 4.78 is 46.1. The van der Waals surface area contributed by atoms with Crippen LogP contribution in [0, 0.1) is 0 Å². The molecule has 11 N–H and O–H groups in total. The topological polar surface area (TPSA) is 313 Å². The van der Waals surface area contributed by atoms with Crippen molar-refractivity contribution < 1.29 is 130 Å². The molecule has 0 saturated heterocycles. The minimum Gasteiger partial charge on any atom is -1.00 e. The molecule has 0 aliphatic carbocycles. The molecule has 0 spiro atoms. The summed E-state index contributed by atoms with van der Waals surface area (Å²) >= 11 is 0. The number of ketones is 1. The number of aliphatic hydroxyl groups is 5. The summed E-state index contributed by atoms with van der Waals surface area (Å²) in [6, 6.07) is 23.3. The van der Waals surface area contributed by atoms with Crippen LogP contribution in [0.1, 0.15) is 70.1 Å². The van der Waals surface area contributed by atoms with Gasteiger partial charge in [-0.15, -0.1) is 0 Å². The molecule has 0 bridgehead atoms. The fourth-order valence-corrected chi connectivity index (χ4v) is 8.70. The normalized spacial score (nSPS) is 23.2. The minimum absolute atomic E-state index is 0. The molecule has 4 aliphatic heterocycles. The van der Waals surface area contributed by atoms with Crippen LogP contribution in [-0.4, -0.2) is 122 Å². The summed E-state index contributed by atoms with van der Waals surface area (Å²) in [6.07, 6.45) is -9.69. The Balaban J connectivity index is 0.000000229. The van der Waals surface area contributed by atoms with Crippen molar-refractivity contribution in [2.45, 2.75) is 54.9 Å². The average molecular weight is 1000 g/mol. The van der Waals surface area contributed by atoms with E-state index in [0.717, 1.165) is 12.1 Å². The second-order valence-corrected chi connectivity index (χ2v) is 16.6. The number of hydrogen-bond acceptors (Lipinski definition) is 20. The van der Waals surface area contributed by atoms with Gasteiger partial charge in [0.25, 0.3) is 0 Å². The number of carbonyl (C=O) groups excluding carboxylic acids is 1. The molecule has 6 aromatic carbocycles. The van der Waals surface area contributed by atoms with Gasteiger partial charge in [-0.25, -0.2) is 0 Å². The number of carbonyl (C=O) groups is 1. The number of aliphatic hydroxyl groups excluding tert-OH is 5. The molecule has 22 heteroatoms. The summed E-state index contributed by atoms with van der Waals surface area (Å²) in [5.74, 6) is -0.584. The number of aromatic hydroxyl groups is 6. The first kappa shape index (κ1) is 52.9. The van der Waals surface area contributed by atoms with Gasteiger partial charge >= 0.3 is 29.6 Å². The Morgan fingerprint density at radius 1 is 0.472 bits per heavy atom. The molecule has 1 unspecified atom stereocenters. The van der Waals surface area contributed by atoms with Crippen molar-refractivity contribution in [1.82, 2.24) is 0 Å². The Morgan fingerprint density at radius 3 is 1.40 bits per heavy atom. The standard InChI is InChI=1S/C25H24O10.C25H22O10.B.Na.H/c2*1-32-17-6-11(2-4-14(17)28)24-20(10-26)33-16-5-3-12(7-18(16)34-24)25-23(31)22(30)21-15(29)8-13(27)9-19(21)35-25;;;/h2-9,20,22-31H,10H2,1H3;2-9,20,23-29,31H,10H2,1H3;;;/q;;;+1;-1/t20-,22?,23+,24-,25-;20-,23+,24-,25-;;;/m11.../s1. The van der Waals surface area contributed by atoms with Gasteiger partial charge in [0.05, 0.1) is 33.0 Å². The van der Waals surface area contributed by atoms with Crippen molar-refractivity contribution in [2.75, 3.05) is 27.4 Å². The molecule has 4 aliphatic rings. The number of hydrogen-bond donors (Lipinski definition) is 11. The van der Waals surface area contributed by atoms with Gasteiger partial charge in [0.15, 0.2) is 88.7 Å². The van der Waals surface area contributed by atoms with Gasteiger partial charge in [-0.3, -0.25) is 4.79 Å². The van der Waals surface area contributed by atoms with E-state index in [1.807, 2.05) is 0 Å². The first-order valence-corrected chi connectivity index (χ1v) is 21.5. The van der Waals surface area contributed by atoms with Gasteiger partial charge in [0, 0.05) is 43.8 Å². The molecule has 3 radical (unpaired) electrons. The predicted molar refractivity (Wildman–Crippen MR) is 246 cm³/mol. The van der Waals surface area contributed by atoms with Gasteiger partial charge in [-0.05, 0) is 59.7 Å². The number of ether oxygens (including phenoxy) is 8. The zero-order valence-corrected chi connectivity index (χ0v) is 40.5. The maximum absolute atomic E-state index is 12.7. The molecule has 0 amide bonds. The van der Waals surface area contributed by atoms with E-state index < -0.39 is 72.2 Å². The van der Waals surface area contributed by atoms with E-state index in [2.05, 4.69) is 0 Å². The predicted octanol–water partition coefficient (Wildman–Crippen LogP) is 1.31. The van der Waals surface area contributed by atoms with E-state index in [-0.39, 0.29) is 115 Å². The van der Waals surface area contributed by atoms with E-state index in [9.17, 15) is 61.0 Å². The van der Waals surface area contributed by atoms with Crippen LogP contribution in [0.3, 0.4) is 0 Å². The SMILES string of the molecule is COc1cc([C@H]2Oc3cc([C@H]4Oc5cc(O)cc(O)c5C(=O)[C@@H]4O)ccc3O[C@@H]2CO)ccc1O.COc1cc([C@H]2Oc3cc([C@H]4Oc5cc(O)cc(O)c5C(O)[C@@H]4O)ccc3O[C@@H]2CO)ccc1O.[B].[H-].[Na+]. The van der Waals surface area contributed by atoms with E-state index in [1.165, 1.54) is 38.5 Å². The van der Waals surface area contributed by atoms with E-state index in [0.29, 0.717) is 39.5 Å². The summed E-state index contributed by atoms with van der Waals surface area (Å²) in [6.45, 7) is -0.687. The Bertz CT molecular complexity index is 2980. The Kier molecular flexibility index (Phi) is 15.7. The van der Waals surface area contributed by atoms with Crippen molar-refractivity contribution in [3.05, 3.63) is 130 Å². The minimum atomic E-state index is -1.62. The van der Waals surface area contributed by atoms with E-state index >= 15 is 0 Å². The molecule has 0 saturated carbocycles. The third-order valence-electron chi connectivity index (χ3n) is 12.2. The van der Waals surface area contributed by atoms with Crippen LogP contribution < -0.4 is 67.5 Å². The van der Waals surface area contributed by atoms with Crippen molar-refractivity contribution in [3.8, 4) is 80.5 Å². The number of phenolic OH excluding ortho intramolecular Hbond substituents is 6. The molecule has 6 aromatic rings. The van der Waals surface area contributed by atoms with Crippen molar-refractivity contribution >= 4 is 14.2 Å². The summed E-state index contributed by atoms with van der Waals surface area (Å²) in [4.78, 5) is 12.7. The van der Waals surface area contributed by atoms with Gasteiger partial charge < -0.3 is 95.5 Å². The number of fused-ring (bicyclic) bond motifs is 4. The fraction of sp³-hybridized carbons (Fsp3) is 0.260. The van der Waals surface area contributed by atoms with Gasteiger partial charge in [0.1, 0.15) is 52.3 Å². The van der Waals surface area contributed by atoms with Crippen LogP contribution in [0.15, 0.2) is 97.1 Å². The van der Waals surface area contributed by atoms with Crippen LogP contribution in [0.25, 0.3) is 0 Å². The smallest absolute Gasteiger partial charge is 1.00 e. The molecule has 0 aromatic heterocycles. The first-order chi connectivity index (χ1) is 33.6. The first-order valence-electron chi connectivity index (χ1n) is 21.5. The number of benzene rings is 6. The quantitative estimate of drug-likeness (QED) is 0.0958. The molecule has 72 heavy (non-hydrogen) atoms. The van der Waals surface area contributed by atoms with Crippen molar-refractivity contribution in [2.24, 2.45) is 0 Å². The zero-order valence-electron chi connectivity index (χ0n) is 39.5. The largest absolute Gasteiger partial charge is 1.00 e. The molecular formula is C50H47BNaO20. The van der Waals surface area contributed by atoms with Crippen LogP contribution in [0.2, 0.25) is 0 Å². The number of rotatable bonds is 8.